The van der Waals surface area contributed by atoms with E-state index in [-0.39, 0.29) is 5.60 Å². The second-order valence-electron chi connectivity index (χ2n) is 4.16. The number of aryl methyl sites for hydroxylation is 1. The van der Waals surface area contributed by atoms with E-state index in [1.165, 1.54) is 5.56 Å². The Bertz CT molecular complexity index is 326. The minimum atomic E-state index is -0.0964. The first-order chi connectivity index (χ1) is 6.08. The first kappa shape index (κ1) is 8.61. The Morgan fingerprint density at radius 1 is 1.38 bits per heavy atom. The molecule has 0 atom stereocenters. The summed E-state index contributed by atoms with van der Waals surface area (Å²) in [5, 5.41) is 0. The maximum atomic E-state index is 5.84. The van der Waals surface area contributed by atoms with Crippen molar-refractivity contribution in [2.75, 3.05) is 0 Å². The van der Waals surface area contributed by atoms with Crippen LogP contribution in [0.15, 0.2) is 18.2 Å². The van der Waals surface area contributed by atoms with Crippen LogP contribution in [-0.4, -0.2) is 5.60 Å². The predicted octanol–water partition coefficient (Wildman–Crippen LogP) is 2.99. The molecule has 1 aromatic carbocycles. The first-order valence-electron chi connectivity index (χ1n) is 4.61. The van der Waals surface area contributed by atoms with E-state index < -0.39 is 0 Å². The van der Waals surface area contributed by atoms with E-state index >= 15 is 0 Å². The van der Waals surface area contributed by atoms with E-state index in [2.05, 4.69) is 33.3 Å². The molecule has 0 saturated carbocycles. The molecule has 1 aromatic rings. The fourth-order valence-corrected chi connectivity index (χ4v) is 1.59. The molecule has 68 valence electrons. The van der Waals surface area contributed by atoms with Crippen LogP contribution in [0, 0.1) is 13.3 Å². The fraction of sp³-hybridized carbons (Fsp3) is 0.417. The lowest BCUT2D eigenvalue weighted by Gasteiger charge is -2.32. The van der Waals surface area contributed by atoms with Gasteiger partial charge in [0.1, 0.15) is 11.4 Å². The van der Waals surface area contributed by atoms with Crippen LogP contribution in [0.3, 0.4) is 0 Å². The van der Waals surface area contributed by atoms with Gasteiger partial charge in [0.15, 0.2) is 0 Å². The van der Waals surface area contributed by atoms with Crippen LogP contribution in [0.4, 0.5) is 0 Å². The lowest BCUT2D eigenvalue weighted by Crippen LogP contribution is -2.32. The summed E-state index contributed by atoms with van der Waals surface area (Å²) in [4.78, 5) is 0. The number of benzene rings is 1. The number of hydrogen-bond donors (Lipinski definition) is 0. The van der Waals surface area contributed by atoms with Gasteiger partial charge in [0, 0.05) is 12.0 Å². The summed E-state index contributed by atoms with van der Waals surface area (Å²) in [5.41, 5.74) is 2.29. The average molecular weight is 174 g/mol. The quantitative estimate of drug-likeness (QED) is 0.587. The molecule has 13 heavy (non-hydrogen) atoms. The molecular formula is C12H14O. The highest BCUT2D eigenvalue weighted by Crippen LogP contribution is 2.35. The number of hydrogen-bond acceptors (Lipinski definition) is 1. The molecule has 0 bridgehead atoms. The Morgan fingerprint density at radius 3 is 2.92 bits per heavy atom. The molecule has 0 N–H and O–H groups in total. The summed E-state index contributed by atoms with van der Waals surface area (Å²) in [7, 11) is 0. The van der Waals surface area contributed by atoms with Gasteiger partial charge in [-0.2, -0.15) is 0 Å². The van der Waals surface area contributed by atoms with Gasteiger partial charge in [-0.1, -0.05) is 12.1 Å². The van der Waals surface area contributed by atoms with Crippen LogP contribution in [-0.2, 0) is 0 Å². The zero-order chi connectivity index (χ0) is 9.47. The smallest absolute Gasteiger partial charge is 0.124 e. The highest BCUT2D eigenvalue weighted by Gasteiger charge is 2.27. The van der Waals surface area contributed by atoms with Crippen LogP contribution < -0.4 is 4.74 Å². The lowest BCUT2D eigenvalue weighted by atomic mass is 9.92. The molecule has 2 radical (unpaired) electrons. The second-order valence-corrected chi connectivity index (χ2v) is 4.16. The molecule has 0 aromatic heterocycles. The Hall–Kier alpha value is -0.980. The van der Waals surface area contributed by atoms with Crippen LogP contribution in [0.5, 0.6) is 5.75 Å². The highest BCUT2D eigenvalue weighted by atomic mass is 16.5. The molecule has 1 heteroatoms. The maximum absolute atomic E-state index is 5.84. The van der Waals surface area contributed by atoms with Crippen molar-refractivity contribution in [3.63, 3.8) is 0 Å². The molecule has 0 spiro atoms. The molecule has 1 aliphatic rings. The topological polar surface area (TPSA) is 9.23 Å². The summed E-state index contributed by atoms with van der Waals surface area (Å²) in [6.45, 7) is 6.27. The zero-order valence-electron chi connectivity index (χ0n) is 8.35. The van der Waals surface area contributed by atoms with Gasteiger partial charge >= 0.3 is 0 Å². The fourth-order valence-electron chi connectivity index (χ4n) is 1.59. The van der Waals surface area contributed by atoms with Crippen LogP contribution in [0.1, 0.15) is 31.4 Å². The molecular weight excluding hydrogens is 160 g/mol. The van der Waals surface area contributed by atoms with Crippen LogP contribution in [0.2, 0.25) is 0 Å². The van der Waals surface area contributed by atoms with Crippen LogP contribution in [0.25, 0.3) is 0 Å². The molecule has 0 amide bonds. The van der Waals surface area contributed by atoms with Gasteiger partial charge in [-0.25, -0.2) is 0 Å². The molecule has 1 heterocycles. The van der Waals surface area contributed by atoms with Gasteiger partial charge in [0.25, 0.3) is 0 Å². The first-order valence-corrected chi connectivity index (χ1v) is 4.61. The highest BCUT2D eigenvalue weighted by molar-refractivity contribution is 5.46. The maximum Gasteiger partial charge on any atom is 0.124 e. The zero-order valence-corrected chi connectivity index (χ0v) is 8.35. The van der Waals surface area contributed by atoms with Crippen molar-refractivity contribution in [2.24, 2.45) is 0 Å². The molecule has 0 unspecified atom stereocenters. The molecule has 0 fully saturated rings. The van der Waals surface area contributed by atoms with E-state index in [1.54, 1.807) is 0 Å². The standard InChI is InChI=1S/C12H14O/c1-9-5-4-6-11-10(9)7-8-12(2,3)13-11/h4-6H,8H2,1-3H3. The van der Waals surface area contributed by atoms with Gasteiger partial charge < -0.3 is 4.74 Å². The van der Waals surface area contributed by atoms with Crippen molar-refractivity contribution in [3.8, 4) is 5.75 Å². The normalized spacial score (nSPS) is 19.0. The van der Waals surface area contributed by atoms with Gasteiger partial charge in [0.2, 0.25) is 0 Å². The summed E-state index contributed by atoms with van der Waals surface area (Å²) >= 11 is 0. The Morgan fingerprint density at radius 2 is 2.15 bits per heavy atom. The van der Waals surface area contributed by atoms with Crippen molar-refractivity contribution in [1.29, 1.82) is 0 Å². The minimum absolute atomic E-state index is 0.0964. The number of fused-ring (bicyclic) bond motifs is 1. The van der Waals surface area contributed by atoms with Crippen LogP contribution >= 0.6 is 0 Å². The van der Waals surface area contributed by atoms with Crippen molar-refractivity contribution >= 4 is 0 Å². The van der Waals surface area contributed by atoms with E-state index in [4.69, 9.17) is 4.74 Å². The summed E-state index contributed by atoms with van der Waals surface area (Å²) in [5.74, 6) is 0.969. The summed E-state index contributed by atoms with van der Waals surface area (Å²) in [6.07, 6.45) is 4.26. The second kappa shape index (κ2) is 2.76. The minimum Gasteiger partial charge on any atom is -0.488 e. The Balaban J connectivity index is 2.42. The van der Waals surface area contributed by atoms with Crippen molar-refractivity contribution in [1.82, 2.24) is 0 Å². The third-order valence-electron chi connectivity index (χ3n) is 2.31. The van der Waals surface area contributed by atoms with Crippen molar-refractivity contribution in [2.45, 2.75) is 32.8 Å². The van der Waals surface area contributed by atoms with E-state index in [0.29, 0.717) is 0 Å². The number of ether oxygens (including phenoxy) is 1. The van der Waals surface area contributed by atoms with E-state index in [0.717, 1.165) is 17.7 Å². The molecule has 2 rings (SSSR count). The monoisotopic (exact) mass is 174 g/mol. The average Bonchev–Trinajstić information content (AvgIpc) is 2.02. The summed E-state index contributed by atoms with van der Waals surface area (Å²) < 4.78 is 5.84. The Kier molecular flexibility index (Phi) is 1.83. The SMILES string of the molecule is Cc1cccc2c1[C]CC(C)(C)O2. The summed E-state index contributed by atoms with van der Waals surface area (Å²) in [6, 6.07) is 6.13. The van der Waals surface area contributed by atoms with E-state index in [1.807, 2.05) is 12.1 Å². The van der Waals surface area contributed by atoms with E-state index in [9.17, 15) is 0 Å². The predicted molar refractivity (Wildman–Crippen MR) is 52.8 cm³/mol. The van der Waals surface area contributed by atoms with Gasteiger partial charge in [-0.15, -0.1) is 0 Å². The van der Waals surface area contributed by atoms with Gasteiger partial charge in [0.05, 0.1) is 0 Å². The lowest BCUT2D eigenvalue weighted by molar-refractivity contribution is 0.0986. The molecule has 0 aliphatic carbocycles. The largest absolute Gasteiger partial charge is 0.488 e. The Labute approximate surface area is 79.7 Å². The molecule has 0 saturated heterocycles. The third kappa shape index (κ3) is 1.55. The third-order valence-corrected chi connectivity index (χ3v) is 2.31. The molecule has 1 nitrogen and oxygen atoms in total. The van der Waals surface area contributed by atoms with Crippen molar-refractivity contribution < 1.29 is 4.74 Å². The molecule has 1 aliphatic heterocycles. The van der Waals surface area contributed by atoms with Gasteiger partial charge in [-0.3, -0.25) is 0 Å². The van der Waals surface area contributed by atoms with Crippen molar-refractivity contribution in [3.05, 3.63) is 35.7 Å². The van der Waals surface area contributed by atoms with Gasteiger partial charge in [-0.05, 0) is 38.8 Å². The number of rotatable bonds is 0.